The fourth-order valence-electron chi connectivity index (χ4n) is 2.10. The van der Waals surface area contributed by atoms with Crippen LogP contribution in [0.15, 0.2) is 36.4 Å². The number of carbonyl (C=O) groups is 1. The molecule has 0 unspecified atom stereocenters. The number of hydrogen-bond acceptors (Lipinski definition) is 2. The van der Waals surface area contributed by atoms with Crippen LogP contribution >= 0.6 is 12.2 Å². The fraction of sp³-hybridized carbons (Fsp3) is 0.125. The number of halogens is 1. The number of thiocarbonyl (C=S) groups is 1. The third-order valence-corrected chi connectivity index (χ3v) is 3.34. The van der Waals surface area contributed by atoms with Crippen LogP contribution in [-0.4, -0.2) is 10.9 Å². The molecule has 0 aliphatic carbocycles. The second-order valence-corrected chi connectivity index (χ2v) is 5.24. The lowest BCUT2D eigenvalue weighted by molar-refractivity contribution is 0.102. The number of amides is 1. The van der Waals surface area contributed by atoms with Crippen LogP contribution in [0.25, 0.3) is 0 Å². The molecule has 3 nitrogen and oxygen atoms in total. The average Bonchev–Trinajstić information content (AvgIpc) is 2.41. The Labute approximate surface area is 128 Å². The van der Waals surface area contributed by atoms with Gasteiger partial charge in [0.05, 0.1) is 11.3 Å². The molecule has 0 saturated heterocycles. The highest BCUT2D eigenvalue weighted by molar-refractivity contribution is 7.80. The molecule has 2 aromatic carbocycles. The molecule has 108 valence electrons. The number of anilines is 1. The highest BCUT2D eigenvalue weighted by Crippen LogP contribution is 2.21. The van der Waals surface area contributed by atoms with Crippen molar-refractivity contribution in [2.24, 2.45) is 5.73 Å². The Bertz CT molecular complexity index is 728. The summed E-state index contributed by atoms with van der Waals surface area (Å²) in [5.74, 6) is -1.10. The molecule has 0 heterocycles. The maximum atomic E-state index is 13.7. The van der Waals surface area contributed by atoms with Crippen LogP contribution in [0.5, 0.6) is 0 Å². The SMILES string of the molecule is Cc1ccc(F)c(C(=O)Nc2cccc(C)c2C(N)=S)c1. The first-order valence-electron chi connectivity index (χ1n) is 6.37. The van der Waals surface area contributed by atoms with Crippen LogP contribution in [0.3, 0.4) is 0 Å². The molecule has 0 atom stereocenters. The van der Waals surface area contributed by atoms with Gasteiger partial charge < -0.3 is 11.1 Å². The zero-order valence-corrected chi connectivity index (χ0v) is 12.6. The van der Waals surface area contributed by atoms with Crippen molar-refractivity contribution in [3.8, 4) is 0 Å². The van der Waals surface area contributed by atoms with Crippen molar-refractivity contribution in [3.05, 3.63) is 64.5 Å². The van der Waals surface area contributed by atoms with Crippen molar-refractivity contribution in [3.63, 3.8) is 0 Å². The van der Waals surface area contributed by atoms with Gasteiger partial charge in [0.15, 0.2) is 0 Å². The lowest BCUT2D eigenvalue weighted by Crippen LogP contribution is -2.19. The predicted molar refractivity (Wildman–Crippen MR) is 86.2 cm³/mol. The molecule has 5 heteroatoms. The molecule has 0 radical (unpaired) electrons. The standard InChI is InChI=1S/C16H15FN2OS/c1-9-6-7-12(17)11(8-9)16(20)19-13-5-3-4-10(2)14(13)15(18)21/h3-8H,1-2H3,(H2,18,21)(H,19,20). The fourth-order valence-corrected chi connectivity index (χ4v) is 2.37. The molecule has 2 rings (SSSR count). The van der Waals surface area contributed by atoms with E-state index >= 15 is 0 Å². The van der Waals surface area contributed by atoms with E-state index in [4.69, 9.17) is 18.0 Å². The van der Waals surface area contributed by atoms with Gasteiger partial charge in [-0.3, -0.25) is 4.79 Å². The van der Waals surface area contributed by atoms with Gasteiger partial charge in [0.25, 0.3) is 5.91 Å². The summed E-state index contributed by atoms with van der Waals surface area (Å²) in [5.41, 5.74) is 8.41. The van der Waals surface area contributed by atoms with Crippen LogP contribution in [0.1, 0.15) is 27.0 Å². The number of carbonyl (C=O) groups excluding carboxylic acids is 1. The maximum Gasteiger partial charge on any atom is 0.258 e. The maximum absolute atomic E-state index is 13.7. The summed E-state index contributed by atoms with van der Waals surface area (Å²) < 4.78 is 13.7. The highest BCUT2D eigenvalue weighted by Gasteiger charge is 2.15. The van der Waals surface area contributed by atoms with E-state index in [1.807, 2.05) is 13.0 Å². The van der Waals surface area contributed by atoms with E-state index in [2.05, 4.69) is 5.32 Å². The van der Waals surface area contributed by atoms with E-state index in [-0.39, 0.29) is 10.6 Å². The van der Waals surface area contributed by atoms with Crippen molar-refractivity contribution in [1.29, 1.82) is 0 Å². The van der Waals surface area contributed by atoms with Gasteiger partial charge in [-0.05, 0) is 37.6 Å². The molecule has 2 aromatic rings. The molecule has 0 spiro atoms. The molecule has 0 aromatic heterocycles. The first kappa shape index (κ1) is 15.1. The normalized spacial score (nSPS) is 10.2. The molecule has 1 amide bonds. The Morgan fingerprint density at radius 2 is 1.95 bits per heavy atom. The zero-order valence-electron chi connectivity index (χ0n) is 11.7. The summed E-state index contributed by atoms with van der Waals surface area (Å²) in [6, 6.07) is 9.69. The molecule has 0 bridgehead atoms. The van der Waals surface area contributed by atoms with E-state index < -0.39 is 11.7 Å². The summed E-state index contributed by atoms with van der Waals surface area (Å²) in [6.07, 6.45) is 0. The number of nitrogens with one attached hydrogen (secondary N) is 1. The topological polar surface area (TPSA) is 55.1 Å². The molecule has 0 saturated carbocycles. The Morgan fingerprint density at radius 3 is 2.62 bits per heavy atom. The molecular formula is C16H15FN2OS. The third kappa shape index (κ3) is 3.25. The lowest BCUT2D eigenvalue weighted by atomic mass is 10.1. The minimum absolute atomic E-state index is 0.00889. The Balaban J connectivity index is 2.39. The first-order valence-corrected chi connectivity index (χ1v) is 6.78. The summed E-state index contributed by atoms with van der Waals surface area (Å²) in [4.78, 5) is 12.4. The van der Waals surface area contributed by atoms with Gasteiger partial charge in [0.1, 0.15) is 10.8 Å². The second kappa shape index (κ2) is 6.01. The number of benzene rings is 2. The van der Waals surface area contributed by atoms with Crippen molar-refractivity contribution in [1.82, 2.24) is 0 Å². The van der Waals surface area contributed by atoms with E-state index in [9.17, 15) is 9.18 Å². The van der Waals surface area contributed by atoms with Gasteiger partial charge in [-0.1, -0.05) is 36.0 Å². The Morgan fingerprint density at radius 1 is 1.24 bits per heavy atom. The summed E-state index contributed by atoms with van der Waals surface area (Å²) >= 11 is 5.01. The quantitative estimate of drug-likeness (QED) is 0.855. The summed E-state index contributed by atoms with van der Waals surface area (Å²) in [5, 5.41) is 2.67. The van der Waals surface area contributed by atoms with Crippen LogP contribution in [0, 0.1) is 19.7 Å². The van der Waals surface area contributed by atoms with Crippen molar-refractivity contribution >= 4 is 28.8 Å². The third-order valence-electron chi connectivity index (χ3n) is 3.13. The molecular weight excluding hydrogens is 287 g/mol. The average molecular weight is 302 g/mol. The number of hydrogen-bond donors (Lipinski definition) is 2. The number of nitrogens with two attached hydrogens (primary N) is 1. The van der Waals surface area contributed by atoms with Gasteiger partial charge in [0.2, 0.25) is 0 Å². The molecule has 3 N–H and O–H groups in total. The summed E-state index contributed by atoms with van der Waals surface area (Å²) in [6.45, 7) is 3.64. The van der Waals surface area contributed by atoms with E-state index in [1.165, 1.54) is 12.1 Å². The van der Waals surface area contributed by atoms with Gasteiger partial charge in [-0.2, -0.15) is 0 Å². The monoisotopic (exact) mass is 302 g/mol. The van der Waals surface area contributed by atoms with Crippen LogP contribution < -0.4 is 11.1 Å². The molecule has 0 aliphatic heterocycles. The van der Waals surface area contributed by atoms with Gasteiger partial charge in [-0.15, -0.1) is 0 Å². The van der Waals surface area contributed by atoms with Crippen molar-refractivity contribution in [2.75, 3.05) is 5.32 Å². The zero-order chi connectivity index (χ0) is 15.6. The lowest BCUT2D eigenvalue weighted by Gasteiger charge is -2.13. The first-order chi connectivity index (χ1) is 9.90. The van der Waals surface area contributed by atoms with Gasteiger partial charge >= 0.3 is 0 Å². The Kier molecular flexibility index (Phi) is 4.33. The minimum atomic E-state index is -0.567. The van der Waals surface area contributed by atoms with E-state index in [1.54, 1.807) is 25.1 Å². The molecule has 21 heavy (non-hydrogen) atoms. The van der Waals surface area contributed by atoms with Crippen LogP contribution in [0.4, 0.5) is 10.1 Å². The number of aryl methyl sites for hydroxylation is 2. The Hall–Kier alpha value is -2.27. The molecule has 0 aliphatic rings. The largest absolute Gasteiger partial charge is 0.389 e. The minimum Gasteiger partial charge on any atom is -0.389 e. The summed E-state index contributed by atoms with van der Waals surface area (Å²) in [7, 11) is 0. The van der Waals surface area contributed by atoms with Gasteiger partial charge in [0, 0.05) is 5.56 Å². The van der Waals surface area contributed by atoms with Gasteiger partial charge in [-0.25, -0.2) is 4.39 Å². The van der Waals surface area contributed by atoms with Crippen molar-refractivity contribution in [2.45, 2.75) is 13.8 Å². The van der Waals surface area contributed by atoms with E-state index in [0.29, 0.717) is 11.3 Å². The van der Waals surface area contributed by atoms with Crippen LogP contribution in [0.2, 0.25) is 0 Å². The second-order valence-electron chi connectivity index (χ2n) is 4.80. The van der Waals surface area contributed by atoms with E-state index in [0.717, 1.165) is 11.1 Å². The van der Waals surface area contributed by atoms with Crippen molar-refractivity contribution < 1.29 is 9.18 Å². The molecule has 0 fully saturated rings. The number of rotatable bonds is 3. The van der Waals surface area contributed by atoms with Crippen LogP contribution in [-0.2, 0) is 0 Å². The predicted octanol–water partition coefficient (Wildman–Crippen LogP) is 3.33. The smallest absolute Gasteiger partial charge is 0.258 e. The highest BCUT2D eigenvalue weighted by atomic mass is 32.1.